The van der Waals surface area contributed by atoms with Crippen LogP contribution in [-0.2, 0) is 11.3 Å². The van der Waals surface area contributed by atoms with Crippen LogP contribution in [0.1, 0.15) is 48.2 Å². The SMILES string of the molecule is O=C(NCCCOCc1ccco1)c1ccc(OC2CCCC2)cc1. The van der Waals surface area contributed by atoms with Crippen LogP contribution in [0.3, 0.4) is 0 Å². The van der Waals surface area contributed by atoms with Gasteiger partial charge in [-0.1, -0.05) is 0 Å². The Bertz CT molecular complexity index is 630. The fraction of sp³-hybridized carbons (Fsp3) is 0.450. The summed E-state index contributed by atoms with van der Waals surface area (Å²) in [4.78, 5) is 12.1. The Labute approximate surface area is 148 Å². The monoisotopic (exact) mass is 343 g/mol. The van der Waals surface area contributed by atoms with E-state index < -0.39 is 0 Å². The van der Waals surface area contributed by atoms with Crippen molar-refractivity contribution < 1.29 is 18.7 Å². The first-order valence-electron chi connectivity index (χ1n) is 8.96. The fourth-order valence-electron chi connectivity index (χ4n) is 2.93. The Kier molecular flexibility index (Phi) is 6.51. The Morgan fingerprint density at radius 3 is 2.68 bits per heavy atom. The lowest BCUT2D eigenvalue weighted by molar-refractivity contribution is 0.0917. The predicted octanol–water partition coefficient (Wildman–Crippen LogP) is 3.94. The van der Waals surface area contributed by atoms with Crippen LogP contribution < -0.4 is 10.1 Å². The fourth-order valence-corrected chi connectivity index (χ4v) is 2.93. The third-order valence-corrected chi connectivity index (χ3v) is 4.30. The molecule has 134 valence electrons. The summed E-state index contributed by atoms with van der Waals surface area (Å²) in [6, 6.07) is 11.1. The molecule has 0 spiro atoms. The minimum absolute atomic E-state index is 0.0709. The highest BCUT2D eigenvalue weighted by atomic mass is 16.5. The van der Waals surface area contributed by atoms with Crippen LogP contribution in [0.4, 0.5) is 0 Å². The maximum atomic E-state index is 12.1. The second kappa shape index (κ2) is 9.28. The molecule has 1 saturated carbocycles. The summed E-state index contributed by atoms with van der Waals surface area (Å²) in [5.41, 5.74) is 0.648. The molecule has 1 aliphatic carbocycles. The zero-order valence-electron chi connectivity index (χ0n) is 14.4. The maximum absolute atomic E-state index is 12.1. The smallest absolute Gasteiger partial charge is 0.251 e. The van der Waals surface area contributed by atoms with Crippen LogP contribution in [0, 0.1) is 0 Å². The van der Waals surface area contributed by atoms with E-state index in [9.17, 15) is 4.79 Å². The number of rotatable bonds is 9. The van der Waals surface area contributed by atoms with Gasteiger partial charge in [0.2, 0.25) is 0 Å². The second-order valence-corrected chi connectivity index (χ2v) is 6.29. The maximum Gasteiger partial charge on any atom is 0.251 e. The zero-order chi connectivity index (χ0) is 17.3. The number of furan rings is 1. The summed E-state index contributed by atoms with van der Waals surface area (Å²) in [5.74, 6) is 1.58. The summed E-state index contributed by atoms with van der Waals surface area (Å²) < 4.78 is 16.6. The van der Waals surface area contributed by atoms with Crippen molar-refractivity contribution in [2.24, 2.45) is 0 Å². The molecule has 1 N–H and O–H groups in total. The molecule has 5 heteroatoms. The van der Waals surface area contributed by atoms with Gasteiger partial charge in [0.05, 0.1) is 12.4 Å². The molecule has 1 fully saturated rings. The van der Waals surface area contributed by atoms with Crippen molar-refractivity contribution in [3.63, 3.8) is 0 Å². The molecule has 0 radical (unpaired) electrons. The minimum atomic E-state index is -0.0709. The first kappa shape index (κ1) is 17.5. The standard InChI is InChI=1S/C20H25NO4/c22-20(21-12-4-13-23-15-19-7-3-14-24-19)16-8-10-18(11-9-16)25-17-5-1-2-6-17/h3,7-11,14,17H,1-2,4-6,12-13,15H2,(H,21,22). The van der Waals surface area contributed by atoms with Crippen molar-refractivity contribution in [2.45, 2.75) is 44.8 Å². The lowest BCUT2D eigenvalue weighted by Gasteiger charge is -2.13. The van der Waals surface area contributed by atoms with Gasteiger partial charge in [0.15, 0.2) is 0 Å². The van der Waals surface area contributed by atoms with E-state index in [0.29, 0.717) is 31.4 Å². The van der Waals surface area contributed by atoms with Crippen molar-refractivity contribution in [1.82, 2.24) is 5.32 Å². The number of hydrogen-bond donors (Lipinski definition) is 1. The van der Waals surface area contributed by atoms with Gasteiger partial charge in [0, 0.05) is 18.7 Å². The van der Waals surface area contributed by atoms with E-state index >= 15 is 0 Å². The number of benzene rings is 1. The third-order valence-electron chi connectivity index (χ3n) is 4.30. The van der Waals surface area contributed by atoms with E-state index in [1.807, 2.05) is 36.4 Å². The van der Waals surface area contributed by atoms with Crippen LogP contribution in [-0.4, -0.2) is 25.2 Å². The molecule has 0 atom stereocenters. The van der Waals surface area contributed by atoms with Crippen LogP contribution >= 0.6 is 0 Å². The lowest BCUT2D eigenvalue weighted by Crippen LogP contribution is -2.25. The van der Waals surface area contributed by atoms with Gasteiger partial charge in [-0.05, 0) is 68.5 Å². The molecule has 1 aliphatic rings. The van der Waals surface area contributed by atoms with Gasteiger partial charge in [0.25, 0.3) is 5.91 Å². The minimum Gasteiger partial charge on any atom is -0.490 e. The molecule has 1 aromatic carbocycles. The summed E-state index contributed by atoms with van der Waals surface area (Å²) in [6.45, 7) is 1.62. The number of carbonyl (C=O) groups is 1. The van der Waals surface area contributed by atoms with Crippen LogP contribution in [0.5, 0.6) is 5.75 Å². The van der Waals surface area contributed by atoms with E-state index in [-0.39, 0.29) is 5.91 Å². The highest BCUT2D eigenvalue weighted by Crippen LogP contribution is 2.24. The van der Waals surface area contributed by atoms with Crippen molar-refractivity contribution in [3.8, 4) is 5.75 Å². The van der Waals surface area contributed by atoms with Crippen LogP contribution in [0.25, 0.3) is 0 Å². The van der Waals surface area contributed by atoms with Gasteiger partial charge in [-0.25, -0.2) is 0 Å². The van der Waals surface area contributed by atoms with E-state index in [0.717, 1.165) is 30.8 Å². The molecule has 2 aromatic rings. The number of nitrogens with one attached hydrogen (secondary N) is 1. The van der Waals surface area contributed by atoms with E-state index in [4.69, 9.17) is 13.9 Å². The van der Waals surface area contributed by atoms with Crippen molar-refractivity contribution in [1.29, 1.82) is 0 Å². The highest BCUT2D eigenvalue weighted by molar-refractivity contribution is 5.94. The molecule has 3 rings (SSSR count). The lowest BCUT2D eigenvalue weighted by atomic mass is 10.2. The Morgan fingerprint density at radius 1 is 1.16 bits per heavy atom. The van der Waals surface area contributed by atoms with Gasteiger partial charge in [-0.15, -0.1) is 0 Å². The van der Waals surface area contributed by atoms with Crippen LogP contribution in [0.15, 0.2) is 47.1 Å². The Morgan fingerprint density at radius 2 is 1.96 bits per heavy atom. The summed E-state index contributed by atoms with van der Waals surface area (Å²) >= 11 is 0. The molecule has 5 nitrogen and oxygen atoms in total. The molecular weight excluding hydrogens is 318 g/mol. The number of ether oxygens (including phenoxy) is 2. The van der Waals surface area contributed by atoms with E-state index in [1.54, 1.807) is 6.26 Å². The second-order valence-electron chi connectivity index (χ2n) is 6.29. The molecule has 1 heterocycles. The molecule has 0 bridgehead atoms. The predicted molar refractivity (Wildman–Crippen MR) is 94.6 cm³/mol. The van der Waals surface area contributed by atoms with E-state index in [2.05, 4.69) is 5.32 Å². The Hall–Kier alpha value is -2.27. The van der Waals surface area contributed by atoms with Gasteiger partial charge in [-0.3, -0.25) is 4.79 Å². The van der Waals surface area contributed by atoms with Gasteiger partial charge in [0.1, 0.15) is 18.1 Å². The van der Waals surface area contributed by atoms with Crippen LogP contribution in [0.2, 0.25) is 0 Å². The Balaban J connectivity index is 1.32. The average molecular weight is 343 g/mol. The van der Waals surface area contributed by atoms with Crippen molar-refractivity contribution in [2.75, 3.05) is 13.2 Å². The first-order chi connectivity index (χ1) is 12.3. The first-order valence-corrected chi connectivity index (χ1v) is 8.96. The van der Waals surface area contributed by atoms with Gasteiger partial charge in [-0.2, -0.15) is 0 Å². The molecular formula is C20H25NO4. The largest absolute Gasteiger partial charge is 0.490 e. The van der Waals surface area contributed by atoms with Gasteiger partial charge >= 0.3 is 0 Å². The topological polar surface area (TPSA) is 60.7 Å². The number of hydrogen-bond acceptors (Lipinski definition) is 4. The number of carbonyl (C=O) groups excluding carboxylic acids is 1. The van der Waals surface area contributed by atoms with Gasteiger partial charge < -0.3 is 19.2 Å². The molecule has 25 heavy (non-hydrogen) atoms. The summed E-state index contributed by atoms with van der Waals surface area (Å²) in [5, 5.41) is 2.90. The van der Waals surface area contributed by atoms with Crippen molar-refractivity contribution in [3.05, 3.63) is 54.0 Å². The molecule has 0 aliphatic heterocycles. The molecule has 1 aromatic heterocycles. The quantitative estimate of drug-likeness (QED) is 0.701. The third kappa shape index (κ3) is 5.64. The molecule has 0 saturated heterocycles. The summed E-state index contributed by atoms with van der Waals surface area (Å²) in [6.07, 6.45) is 7.47. The highest BCUT2D eigenvalue weighted by Gasteiger charge is 2.16. The zero-order valence-corrected chi connectivity index (χ0v) is 14.4. The molecule has 0 unspecified atom stereocenters. The normalized spacial score (nSPS) is 14.6. The van der Waals surface area contributed by atoms with E-state index in [1.165, 1.54) is 12.8 Å². The van der Waals surface area contributed by atoms with Crippen molar-refractivity contribution >= 4 is 5.91 Å². The average Bonchev–Trinajstić information content (AvgIpc) is 3.32. The molecule has 1 amide bonds. The summed E-state index contributed by atoms with van der Waals surface area (Å²) in [7, 11) is 0. The number of amides is 1.